The molecule has 0 saturated carbocycles. The third-order valence-electron chi connectivity index (χ3n) is 5.20. The Labute approximate surface area is 168 Å². The van der Waals surface area contributed by atoms with Crippen molar-refractivity contribution in [2.45, 2.75) is 32.2 Å². The van der Waals surface area contributed by atoms with E-state index in [0.717, 1.165) is 5.69 Å². The Balaban J connectivity index is 1.39. The van der Waals surface area contributed by atoms with Crippen LogP contribution in [0.2, 0.25) is 0 Å². The van der Waals surface area contributed by atoms with Gasteiger partial charge in [-0.3, -0.25) is 9.59 Å². The Bertz CT molecular complexity index is 973. The van der Waals surface area contributed by atoms with Crippen molar-refractivity contribution in [1.29, 1.82) is 0 Å². The van der Waals surface area contributed by atoms with Gasteiger partial charge in [0, 0.05) is 25.3 Å². The number of nitrogens with one attached hydrogen (secondary N) is 1. The van der Waals surface area contributed by atoms with Gasteiger partial charge in [0.2, 0.25) is 0 Å². The summed E-state index contributed by atoms with van der Waals surface area (Å²) in [5.41, 5.74) is 1.95. The lowest BCUT2D eigenvalue weighted by atomic mass is 10.0. The van der Waals surface area contributed by atoms with Crippen molar-refractivity contribution in [1.82, 2.24) is 25.0 Å². The summed E-state index contributed by atoms with van der Waals surface area (Å²) in [6.07, 6.45) is 8.35. The number of hydrogen-bond acceptors (Lipinski definition) is 5. The first-order valence-corrected chi connectivity index (χ1v) is 9.78. The van der Waals surface area contributed by atoms with Crippen LogP contribution in [0.15, 0.2) is 53.6 Å². The smallest absolute Gasteiger partial charge is 0.257 e. The summed E-state index contributed by atoms with van der Waals surface area (Å²) in [5, 5.41) is 7.47. The molecule has 0 radical (unpaired) electrons. The van der Waals surface area contributed by atoms with Crippen LogP contribution in [0.3, 0.4) is 0 Å². The molecule has 29 heavy (non-hydrogen) atoms. The monoisotopic (exact) mass is 393 g/mol. The standard InChI is InChI=1S/C21H23N5O3/c1-2-18-17(13-23-26(18)19-5-3-4-9-22-19)20(27)24-16-6-10-25(11-7-16)21(28)15-8-12-29-14-15/h3-5,8-9,12-14,16H,2,6-7,10-11H2,1H3,(H,24,27). The van der Waals surface area contributed by atoms with Crippen molar-refractivity contribution < 1.29 is 14.0 Å². The lowest BCUT2D eigenvalue weighted by Gasteiger charge is -2.32. The summed E-state index contributed by atoms with van der Waals surface area (Å²) in [6, 6.07) is 7.29. The first-order chi connectivity index (χ1) is 14.2. The molecule has 0 bridgehead atoms. The van der Waals surface area contributed by atoms with Gasteiger partial charge in [0.1, 0.15) is 6.26 Å². The van der Waals surface area contributed by atoms with Gasteiger partial charge in [-0.25, -0.2) is 9.67 Å². The Morgan fingerprint density at radius 2 is 2.07 bits per heavy atom. The molecule has 1 saturated heterocycles. The number of aromatic nitrogens is 3. The molecule has 0 unspecified atom stereocenters. The highest BCUT2D eigenvalue weighted by Crippen LogP contribution is 2.17. The highest BCUT2D eigenvalue weighted by Gasteiger charge is 2.26. The fourth-order valence-electron chi connectivity index (χ4n) is 3.64. The molecule has 0 atom stereocenters. The maximum atomic E-state index is 12.9. The number of hydrogen-bond donors (Lipinski definition) is 1. The van der Waals surface area contributed by atoms with Crippen molar-refractivity contribution in [3.05, 3.63) is 66.0 Å². The van der Waals surface area contributed by atoms with Crippen molar-refractivity contribution in [3.8, 4) is 5.82 Å². The van der Waals surface area contributed by atoms with Gasteiger partial charge in [-0.15, -0.1) is 0 Å². The molecule has 4 heterocycles. The van der Waals surface area contributed by atoms with Gasteiger partial charge in [-0.1, -0.05) is 13.0 Å². The fourth-order valence-corrected chi connectivity index (χ4v) is 3.64. The molecular formula is C21H23N5O3. The second-order valence-corrected chi connectivity index (χ2v) is 7.01. The van der Waals surface area contributed by atoms with E-state index in [1.54, 1.807) is 28.0 Å². The van der Waals surface area contributed by atoms with Crippen molar-refractivity contribution in [3.63, 3.8) is 0 Å². The molecule has 4 rings (SSSR count). The molecule has 3 aromatic heterocycles. The first kappa shape index (κ1) is 18.9. The Hall–Kier alpha value is -3.42. The number of furan rings is 1. The predicted molar refractivity (Wildman–Crippen MR) is 106 cm³/mol. The summed E-state index contributed by atoms with van der Waals surface area (Å²) in [4.78, 5) is 31.4. The number of rotatable bonds is 5. The number of amides is 2. The first-order valence-electron chi connectivity index (χ1n) is 9.78. The molecule has 1 fully saturated rings. The summed E-state index contributed by atoms with van der Waals surface area (Å²) >= 11 is 0. The highest BCUT2D eigenvalue weighted by molar-refractivity contribution is 5.95. The second-order valence-electron chi connectivity index (χ2n) is 7.01. The minimum atomic E-state index is -0.136. The summed E-state index contributed by atoms with van der Waals surface area (Å²) < 4.78 is 6.70. The van der Waals surface area contributed by atoms with Gasteiger partial charge in [0.15, 0.2) is 5.82 Å². The molecule has 0 aliphatic carbocycles. The third-order valence-corrected chi connectivity index (χ3v) is 5.20. The molecule has 1 N–H and O–H groups in total. The SMILES string of the molecule is CCc1c(C(=O)NC2CCN(C(=O)c3ccoc3)CC2)cnn1-c1ccccn1. The van der Waals surface area contributed by atoms with E-state index < -0.39 is 0 Å². The maximum Gasteiger partial charge on any atom is 0.257 e. The van der Waals surface area contributed by atoms with Crippen LogP contribution in [0.25, 0.3) is 5.82 Å². The van der Waals surface area contributed by atoms with E-state index in [2.05, 4.69) is 15.4 Å². The molecule has 0 aromatic carbocycles. The Kier molecular flexibility index (Phi) is 5.41. The molecule has 1 aliphatic heterocycles. The van der Waals surface area contributed by atoms with Crippen molar-refractivity contribution in [2.24, 2.45) is 0 Å². The molecule has 8 nitrogen and oxygen atoms in total. The van der Waals surface area contributed by atoms with Crippen LogP contribution in [-0.2, 0) is 6.42 Å². The van der Waals surface area contributed by atoms with Gasteiger partial charge in [0.25, 0.3) is 11.8 Å². The van der Waals surface area contributed by atoms with Crippen LogP contribution >= 0.6 is 0 Å². The molecule has 0 spiro atoms. The van der Waals surface area contributed by atoms with E-state index in [1.807, 2.05) is 25.1 Å². The maximum absolute atomic E-state index is 12.9. The number of likely N-dealkylation sites (tertiary alicyclic amines) is 1. The van der Waals surface area contributed by atoms with Gasteiger partial charge in [-0.2, -0.15) is 5.10 Å². The minimum Gasteiger partial charge on any atom is -0.472 e. The number of nitrogens with zero attached hydrogens (tertiary/aromatic N) is 4. The van der Waals surface area contributed by atoms with Gasteiger partial charge >= 0.3 is 0 Å². The molecule has 8 heteroatoms. The van der Waals surface area contributed by atoms with Crippen LogP contribution in [-0.4, -0.2) is 50.6 Å². The zero-order chi connectivity index (χ0) is 20.2. The predicted octanol–water partition coefficient (Wildman–Crippen LogP) is 2.46. The van der Waals surface area contributed by atoms with Gasteiger partial charge < -0.3 is 14.6 Å². The summed E-state index contributed by atoms with van der Waals surface area (Å²) in [5.74, 6) is 0.520. The normalized spacial score (nSPS) is 14.7. The second kappa shape index (κ2) is 8.30. The van der Waals surface area contributed by atoms with Crippen LogP contribution in [0.1, 0.15) is 46.2 Å². The number of pyridine rings is 1. The minimum absolute atomic E-state index is 0.0267. The van der Waals surface area contributed by atoms with Crippen LogP contribution in [0.4, 0.5) is 0 Å². The largest absolute Gasteiger partial charge is 0.472 e. The lowest BCUT2D eigenvalue weighted by molar-refractivity contribution is 0.0697. The van der Waals surface area contributed by atoms with E-state index in [0.29, 0.717) is 49.3 Å². The van der Waals surface area contributed by atoms with Crippen molar-refractivity contribution >= 4 is 11.8 Å². The average Bonchev–Trinajstić information content (AvgIpc) is 3.44. The van der Waals surface area contributed by atoms with E-state index in [1.165, 1.54) is 12.5 Å². The van der Waals surface area contributed by atoms with E-state index in [4.69, 9.17) is 4.42 Å². The van der Waals surface area contributed by atoms with Gasteiger partial charge in [0.05, 0.1) is 29.3 Å². The van der Waals surface area contributed by atoms with E-state index in [-0.39, 0.29) is 17.9 Å². The Morgan fingerprint density at radius 3 is 2.72 bits per heavy atom. The zero-order valence-electron chi connectivity index (χ0n) is 16.2. The van der Waals surface area contributed by atoms with E-state index in [9.17, 15) is 9.59 Å². The number of carbonyl (C=O) groups excluding carboxylic acids is 2. The molecule has 1 aliphatic rings. The van der Waals surface area contributed by atoms with Crippen LogP contribution < -0.4 is 5.32 Å². The number of piperidine rings is 1. The summed E-state index contributed by atoms with van der Waals surface area (Å²) in [7, 11) is 0. The molecule has 150 valence electrons. The lowest BCUT2D eigenvalue weighted by Crippen LogP contribution is -2.46. The summed E-state index contributed by atoms with van der Waals surface area (Å²) in [6.45, 7) is 3.19. The molecule has 2 amide bonds. The number of carbonyl (C=O) groups is 2. The molecule has 3 aromatic rings. The third kappa shape index (κ3) is 3.91. The highest BCUT2D eigenvalue weighted by atomic mass is 16.3. The Morgan fingerprint density at radius 1 is 1.24 bits per heavy atom. The zero-order valence-corrected chi connectivity index (χ0v) is 16.2. The van der Waals surface area contributed by atoms with Gasteiger partial charge in [-0.05, 0) is 37.5 Å². The quantitative estimate of drug-likeness (QED) is 0.719. The fraction of sp³-hybridized carbons (Fsp3) is 0.333. The topological polar surface area (TPSA) is 93.3 Å². The van der Waals surface area contributed by atoms with Crippen molar-refractivity contribution in [2.75, 3.05) is 13.1 Å². The van der Waals surface area contributed by atoms with Crippen LogP contribution in [0, 0.1) is 0 Å². The van der Waals surface area contributed by atoms with E-state index >= 15 is 0 Å². The molecular weight excluding hydrogens is 370 g/mol. The average molecular weight is 393 g/mol. The van der Waals surface area contributed by atoms with Crippen LogP contribution in [0.5, 0.6) is 0 Å².